The summed E-state index contributed by atoms with van der Waals surface area (Å²) in [7, 11) is 1.37. The number of anilines is 1. The molecule has 1 amide bonds. The Kier molecular flexibility index (Phi) is 3.90. The van der Waals surface area contributed by atoms with Crippen molar-refractivity contribution >= 4 is 17.6 Å². The molecule has 0 bridgehead atoms. The van der Waals surface area contributed by atoms with Gasteiger partial charge in [0.1, 0.15) is 0 Å². The molecule has 0 aromatic heterocycles. The molecule has 1 aliphatic rings. The largest absolute Gasteiger partial charge is 0.465 e. The molecule has 1 heterocycles. The van der Waals surface area contributed by atoms with E-state index in [-0.39, 0.29) is 11.9 Å². The van der Waals surface area contributed by atoms with Crippen molar-refractivity contribution < 1.29 is 14.3 Å². The Bertz CT molecular complexity index is 795. The molecule has 1 aliphatic heterocycles. The molecule has 0 N–H and O–H groups in total. The number of nitrogens with zero attached hydrogens (tertiary/aromatic N) is 1. The molecule has 0 saturated heterocycles. The Morgan fingerprint density at radius 2 is 1.87 bits per heavy atom. The fourth-order valence-corrected chi connectivity index (χ4v) is 2.97. The van der Waals surface area contributed by atoms with E-state index < -0.39 is 0 Å². The number of hydrogen-bond acceptors (Lipinski definition) is 3. The SMILES string of the molecule is COC(=O)c1ccc2c(c1)CCN2C(=O)c1cc(C)ccc1C. The van der Waals surface area contributed by atoms with E-state index in [1.807, 2.05) is 44.2 Å². The lowest BCUT2D eigenvalue weighted by Crippen LogP contribution is -2.29. The van der Waals surface area contributed by atoms with Gasteiger partial charge >= 0.3 is 5.97 Å². The average Bonchev–Trinajstić information content (AvgIpc) is 2.98. The fourth-order valence-electron chi connectivity index (χ4n) is 2.97. The van der Waals surface area contributed by atoms with Crippen molar-refractivity contribution in [2.45, 2.75) is 20.3 Å². The quantitative estimate of drug-likeness (QED) is 0.800. The molecule has 0 unspecified atom stereocenters. The third kappa shape index (κ3) is 2.72. The zero-order valence-corrected chi connectivity index (χ0v) is 13.6. The lowest BCUT2D eigenvalue weighted by molar-refractivity contribution is 0.0600. The van der Waals surface area contributed by atoms with Crippen LogP contribution in [0, 0.1) is 13.8 Å². The smallest absolute Gasteiger partial charge is 0.337 e. The predicted octanol–water partition coefficient (Wildman–Crippen LogP) is 3.29. The molecule has 3 rings (SSSR count). The molecule has 118 valence electrons. The zero-order valence-electron chi connectivity index (χ0n) is 13.6. The van der Waals surface area contributed by atoms with Crippen LogP contribution in [0.3, 0.4) is 0 Å². The van der Waals surface area contributed by atoms with Gasteiger partial charge in [-0.2, -0.15) is 0 Å². The maximum absolute atomic E-state index is 12.9. The summed E-state index contributed by atoms with van der Waals surface area (Å²) in [5, 5.41) is 0. The number of aryl methyl sites for hydroxylation is 2. The summed E-state index contributed by atoms with van der Waals surface area (Å²) in [4.78, 5) is 26.3. The van der Waals surface area contributed by atoms with Gasteiger partial charge in [0, 0.05) is 17.8 Å². The first-order valence-corrected chi connectivity index (χ1v) is 7.61. The van der Waals surface area contributed by atoms with Crippen LogP contribution >= 0.6 is 0 Å². The maximum Gasteiger partial charge on any atom is 0.337 e. The second-order valence-electron chi connectivity index (χ2n) is 5.86. The van der Waals surface area contributed by atoms with Crippen molar-refractivity contribution in [2.75, 3.05) is 18.6 Å². The van der Waals surface area contributed by atoms with E-state index in [1.165, 1.54) is 7.11 Å². The molecule has 4 nitrogen and oxygen atoms in total. The van der Waals surface area contributed by atoms with E-state index in [9.17, 15) is 9.59 Å². The Hall–Kier alpha value is -2.62. The van der Waals surface area contributed by atoms with E-state index in [2.05, 4.69) is 0 Å². The first-order valence-electron chi connectivity index (χ1n) is 7.61. The molecule has 0 spiro atoms. The molecular formula is C19H19NO3. The summed E-state index contributed by atoms with van der Waals surface area (Å²) >= 11 is 0. The molecule has 23 heavy (non-hydrogen) atoms. The first kappa shape index (κ1) is 15.3. The van der Waals surface area contributed by atoms with Gasteiger partial charge in [-0.1, -0.05) is 17.7 Å². The minimum Gasteiger partial charge on any atom is -0.465 e. The van der Waals surface area contributed by atoms with Crippen molar-refractivity contribution in [3.63, 3.8) is 0 Å². The third-order valence-corrected chi connectivity index (χ3v) is 4.26. The Morgan fingerprint density at radius 1 is 1.09 bits per heavy atom. The molecule has 0 saturated carbocycles. The zero-order chi connectivity index (χ0) is 16.6. The van der Waals surface area contributed by atoms with Crippen LogP contribution in [0.25, 0.3) is 0 Å². The van der Waals surface area contributed by atoms with E-state index in [1.54, 1.807) is 11.0 Å². The number of amides is 1. The van der Waals surface area contributed by atoms with Gasteiger partial charge in [0.05, 0.1) is 12.7 Å². The lowest BCUT2D eigenvalue weighted by atomic mass is 10.0. The minimum atomic E-state index is -0.355. The molecule has 0 radical (unpaired) electrons. The number of benzene rings is 2. The second-order valence-corrected chi connectivity index (χ2v) is 5.86. The van der Waals surface area contributed by atoms with Gasteiger partial charge in [-0.15, -0.1) is 0 Å². The van der Waals surface area contributed by atoms with Crippen molar-refractivity contribution in [2.24, 2.45) is 0 Å². The van der Waals surface area contributed by atoms with Crippen molar-refractivity contribution in [1.29, 1.82) is 0 Å². The van der Waals surface area contributed by atoms with Crippen molar-refractivity contribution in [1.82, 2.24) is 0 Å². The van der Waals surface area contributed by atoms with E-state index >= 15 is 0 Å². The maximum atomic E-state index is 12.9. The van der Waals surface area contributed by atoms with Crippen LogP contribution < -0.4 is 4.90 Å². The standard InChI is InChI=1S/C19H19NO3/c1-12-4-5-13(2)16(10-12)18(21)20-9-8-14-11-15(19(22)23-3)6-7-17(14)20/h4-7,10-11H,8-9H2,1-3H3. The summed E-state index contributed by atoms with van der Waals surface area (Å²) in [5.74, 6) is -0.345. The number of fused-ring (bicyclic) bond motifs is 1. The predicted molar refractivity (Wildman–Crippen MR) is 89.1 cm³/mol. The summed E-state index contributed by atoms with van der Waals surface area (Å²) in [6, 6.07) is 11.3. The monoisotopic (exact) mass is 309 g/mol. The van der Waals surface area contributed by atoms with E-state index in [0.717, 1.165) is 34.4 Å². The Labute approximate surface area is 135 Å². The molecule has 4 heteroatoms. The van der Waals surface area contributed by atoms with Crippen LogP contribution in [-0.2, 0) is 11.2 Å². The van der Waals surface area contributed by atoms with Gasteiger partial charge in [-0.05, 0) is 55.7 Å². The molecule has 0 aliphatic carbocycles. The van der Waals surface area contributed by atoms with E-state index in [4.69, 9.17) is 4.74 Å². The lowest BCUT2D eigenvalue weighted by Gasteiger charge is -2.19. The average molecular weight is 309 g/mol. The number of rotatable bonds is 2. The van der Waals surface area contributed by atoms with Crippen LogP contribution in [0.5, 0.6) is 0 Å². The number of carbonyl (C=O) groups is 2. The summed E-state index contributed by atoms with van der Waals surface area (Å²) in [6.07, 6.45) is 0.747. The molecule has 2 aromatic rings. The van der Waals surface area contributed by atoms with Gasteiger partial charge in [0.25, 0.3) is 5.91 Å². The van der Waals surface area contributed by atoms with Crippen molar-refractivity contribution in [3.05, 3.63) is 64.2 Å². The number of ether oxygens (including phenoxy) is 1. The van der Waals surface area contributed by atoms with Crippen LogP contribution in [-0.4, -0.2) is 25.5 Å². The fraction of sp³-hybridized carbons (Fsp3) is 0.263. The van der Waals surface area contributed by atoms with E-state index in [0.29, 0.717) is 12.1 Å². The van der Waals surface area contributed by atoms with Crippen LogP contribution in [0.4, 0.5) is 5.69 Å². The minimum absolute atomic E-state index is 0.00997. The number of esters is 1. The molecular weight excluding hydrogens is 290 g/mol. The second kappa shape index (κ2) is 5.88. The van der Waals surface area contributed by atoms with Gasteiger partial charge < -0.3 is 9.64 Å². The first-order chi connectivity index (χ1) is 11.0. The van der Waals surface area contributed by atoms with Crippen LogP contribution in [0.15, 0.2) is 36.4 Å². The Balaban J connectivity index is 1.95. The third-order valence-electron chi connectivity index (χ3n) is 4.26. The number of hydrogen-bond donors (Lipinski definition) is 0. The van der Waals surface area contributed by atoms with Gasteiger partial charge in [-0.25, -0.2) is 4.79 Å². The summed E-state index contributed by atoms with van der Waals surface area (Å²) < 4.78 is 4.75. The Morgan fingerprint density at radius 3 is 2.61 bits per heavy atom. The van der Waals surface area contributed by atoms with Crippen LogP contribution in [0.1, 0.15) is 37.4 Å². The topological polar surface area (TPSA) is 46.6 Å². The molecule has 0 fully saturated rings. The summed E-state index contributed by atoms with van der Waals surface area (Å²) in [6.45, 7) is 4.56. The normalized spacial score (nSPS) is 12.9. The highest BCUT2D eigenvalue weighted by molar-refractivity contribution is 6.08. The van der Waals surface area contributed by atoms with Crippen molar-refractivity contribution in [3.8, 4) is 0 Å². The van der Waals surface area contributed by atoms with Gasteiger partial charge in [0.2, 0.25) is 0 Å². The highest BCUT2D eigenvalue weighted by Gasteiger charge is 2.27. The molecule has 2 aromatic carbocycles. The molecule has 0 atom stereocenters. The highest BCUT2D eigenvalue weighted by atomic mass is 16.5. The van der Waals surface area contributed by atoms with Gasteiger partial charge in [-0.3, -0.25) is 4.79 Å². The number of methoxy groups -OCH3 is 1. The summed E-state index contributed by atoms with van der Waals surface area (Å²) in [5.41, 5.74) is 5.18. The van der Waals surface area contributed by atoms with Gasteiger partial charge in [0.15, 0.2) is 0 Å². The van der Waals surface area contributed by atoms with Crippen LogP contribution in [0.2, 0.25) is 0 Å². The highest BCUT2D eigenvalue weighted by Crippen LogP contribution is 2.31. The number of carbonyl (C=O) groups excluding carboxylic acids is 2.